The number of fused-ring (bicyclic) bond motifs is 2. The van der Waals surface area contributed by atoms with E-state index >= 15 is 0 Å². The lowest BCUT2D eigenvalue weighted by Gasteiger charge is -2.29. The average Bonchev–Trinajstić information content (AvgIpc) is 3.71. The van der Waals surface area contributed by atoms with Gasteiger partial charge in [0, 0.05) is 76.1 Å². The number of anilines is 2. The Hall–Kier alpha value is -3.94. The maximum absolute atomic E-state index is 14.0. The van der Waals surface area contributed by atoms with Crippen molar-refractivity contribution in [1.82, 2.24) is 14.3 Å². The lowest BCUT2D eigenvalue weighted by molar-refractivity contribution is 0.113. The summed E-state index contributed by atoms with van der Waals surface area (Å²) in [5.74, 6) is 0.565. The second-order valence-electron chi connectivity index (χ2n) is 9.89. The topological polar surface area (TPSA) is 121 Å². The predicted octanol–water partition coefficient (Wildman–Crippen LogP) is 6.24. The van der Waals surface area contributed by atoms with E-state index in [0.29, 0.717) is 40.2 Å². The van der Waals surface area contributed by atoms with Gasteiger partial charge in [0.15, 0.2) is 5.13 Å². The van der Waals surface area contributed by atoms with Gasteiger partial charge in [-0.05, 0) is 43.2 Å². The molecule has 1 aliphatic carbocycles. The van der Waals surface area contributed by atoms with E-state index in [1.165, 1.54) is 27.0 Å². The van der Waals surface area contributed by atoms with Gasteiger partial charge in [0.2, 0.25) is 15.2 Å². The fourth-order valence-electron chi connectivity index (χ4n) is 5.23. The molecule has 0 saturated carbocycles. The number of hydrogen-bond donors (Lipinski definition) is 2. The smallest absolute Gasteiger partial charge is 0.243 e. The molecule has 0 spiro atoms. The van der Waals surface area contributed by atoms with Crippen molar-refractivity contribution >= 4 is 59.6 Å². The molecule has 0 bridgehead atoms. The Labute approximate surface area is 249 Å². The van der Waals surface area contributed by atoms with Gasteiger partial charge in [-0.3, -0.25) is 0 Å². The van der Waals surface area contributed by atoms with Crippen molar-refractivity contribution in [2.24, 2.45) is 4.99 Å². The number of sulfonamides is 1. The monoisotopic (exact) mass is 615 g/mol. The number of benzene rings is 3. The highest BCUT2D eigenvalue weighted by Gasteiger charge is 2.32. The van der Waals surface area contributed by atoms with E-state index in [4.69, 9.17) is 4.42 Å². The molecule has 1 saturated heterocycles. The first-order valence-corrected chi connectivity index (χ1v) is 16.5. The van der Waals surface area contributed by atoms with E-state index in [-0.39, 0.29) is 18.0 Å². The van der Waals surface area contributed by atoms with Crippen LogP contribution >= 0.6 is 22.7 Å². The summed E-state index contributed by atoms with van der Waals surface area (Å²) in [6.45, 7) is 0.549. The number of nitrogens with zero attached hydrogens (tertiary/aromatic N) is 4. The summed E-state index contributed by atoms with van der Waals surface area (Å²) in [4.78, 5) is 13.4. The summed E-state index contributed by atoms with van der Waals surface area (Å²) >= 11 is 2.93. The summed E-state index contributed by atoms with van der Waals surface area (Å²) in [6, 6.07) is 18.5. The summed E-state index contributed by atoms with van der Waals surface area (Å²) in [7, 11) is -3.84. The molecule has 212 valence electrons. The molecule has 0 amide bonds. The minimum absolute atomic E-state index is 0.219. The number of aliphatic hydroxyl groups is 1. The molecule has 2 aromatic heterocycles. The van der Waals surface area contributed by atoms with Gasteiger partial charge in [0.05, 0.1) is 16.4 Å². The predicted molar refractivity (Wildman–Crippen MR) is 165 cm³/mol. The number of aromatic nitrogens is 2. The Morgan fingerprint density at radius 3 is 2.55 bits per heavy atom. The third-order valence-electron chi connectivity index (χ3n) is 7.23. The number of thiazole rings is 2. The Morgan fingerprint density at radius 1 is 0.952 bits per heavy atom. The minimum Gasteiger partial charge on any atom is -0.456 e. The van der Waals surface area contributed by atoms with Crippen LogP contribution in [0.3, 0.4) is 0 Å². The van der Waals surface area contributed by atoms with E-state index in [2.05, 4.69) is 20.3 Å². The van der Waals surface area contributed by atoms with Crippen LogP contribution in [0.5, 0.6) is 0 Å². The Morgan fingerprint density at radius 2 is 1.76 bits per heavy atom. The van der Waals surface area contributed by atoms with E-state index in [0.717, 1.165) is 27.3 Å². The van der Waals surface area contributed by atoms with Crippen LogP contribution < -0.4 is 10.7 Å². The van der Waals surface area contributed by atoms with E-state index in [9.17, 15) is 13.5 Å². The van der Waals surface area contributed by atoms with Crippen molar-refractivity contribution in [2.75, 3.05) is 18.4 Å². The number of nitrogens with one attached hydrogen (secondary N) is 1. The molecule has 2 aromatic carbocycles. The Balaban J connectivity index is 1.45. The largest absolute Gasteiger partial charge is 0.456 e. The van der Waals surface area contributed by atoms with E-state index in [1.54, 1.807) is 24.5 Å². The van der Waals surface area contributed by atoms with Crippen LogP contribution in [0.25, 0.3) is 33.4 Å². The maximum Gasteiger partial charge on any atom is 0.243 e. The zero-order valence-electron chi connectivity index (χ0n) is 22.2. The zero-order chi connectivity index (χ0) is 28.7. The molecule has 0 unspecified atom stereocenters. The molecular formula is C30H25N5O4S3. The fraction of sp³-hybridized carbons (Fsp3) is 0.167. The van der Waals surface area contributed by atoms with Gasteiger partial charge in [-0.25, -0.2) is 23.4 Å². The lowest BCUT2D eigenvalue weighted by Crippen LogP contribution is -2.40. The summed E-state index contributed by atoms with van der Waals surface area (Å²) < 4.78 is 35.9. The Kier molecular flexibility index (Phi) is 7.08. The highest BCUT2D eigenvalue weighted by atomic mass is 32.2. The lowest BCUT2D eigenvalue weighted by atomic mass is 9.93. The third-order valence-corrected chi connectivity index (χ3v) is 10.5. The van der Waals surface area contributed by atoms with E-state index in [1.807, 2.05) is 59.3 Å². The second-order valence-corrected chi connectivity index (χ2v) is 13.6. The summed E-state index contributed by atoms with van der Waals surface area (Å²) in [5, 5.41) is 19.9. The standard InChI is InChI=1S/C30H25N5O4S3/c36-21-9-13-35(14-10-21)42(37,38)27-4-2-1-3-24(27)28-22-7-5-19(33-29-31-11-15-40-29)17-25(22)39-26-18-20(6-8-23(26)28)34-30-32-12-16-41-30/h1-8,11-12,15-18,21,36H,9-10,13-14H2,(H,31,33). The molecule has 4 heterocycles. The van der Waals surface area contributed by atoms with Gasteiger partial charge in [-0.1, -0.05) is 18.2 Å². The van der Waals surface area contributed by atoms with Crippen molar-refractivity contribution in [3.63, 3.8) is 0 Å². The van der Waals surface area contributed by atoms with Crippen molar-refractivity contribution < 1.29 is 17.9 Å². The summed E-state index contributed by atoms with van der Waals surface area (Å²) in [5.41, 5.74) is 3.48. The van der Waals surface area contributed by atoms with Crippen molar-refractivity contribution in [2.45, 2.75) is 23.8 Å². The van der Waals surface area contributed by atoms with Crippen LogP contribution in [0.4, 0.5) is 16.0 Å². The molecule has 9 nitrogen and oxygen atoms in total. The molecule has 42 heavy (non-hydrogen) atoms. The van der Waals surface area contributed by atoms with Gasteiger partial charge in [-0.2, -0.15) is 4.31 Å². The third kappa shape index (κ3) is 5.12. The van der Waals surface area contributed by atoms with Crippen LogP contribution in [0, 0.1) is 0 Å². The molecule has 1 fully saturated rings. The quantitative estimate of drug-likeness (QED) is 0.213. The van der Waals surface area contributed by atoms with Crippen LogP contribution in [-0.4, -0.2) is 47.0 Å². The highest BCUT2D eigenvalue weighted by Crippen LogP contribution is 2.43. The first-order chi connectivity index (χ1) is 20.5. The SMILES string of the molecule is O=S(=O)(c1ccccc1-c1c2ccc(=Nc3nccs3)cc-2oc2cc(Nc3nccs3)ccc12)N1CCC(O)CC1. The molecule has 7 rings (SSSR count). The molecule has 2 N–H and O–H groups in total. The first kappa shape index (κ1) is 26.9. The maximum atomic E-state index is 14.0. The molecular weight excluding hydrogens is 591 g/mol. The first-order valence-electron chi connectivity index (χ1n) is 13.3. The van der Waals surface area contributed by atoms with Gasteiger partial charge in [0.25, 0.3) is 0 Å². The fourth-order valence-corrected chi connectivity index (χ4v) is 7.97. The molecule has 12 heteroatoms. The van der Waals surface area contributed by atoms with E-state index < -0.39 is 16.1 Å². The van der Waals surface area contributed by atoms with Crippen LogP contribution in [0.1, 0.15) is 12.8 Å². The van der Waals surface area contributed by atoms with Gasteiger partial charge in [-0.15, -0.1) is 22.7 Å². The van der Waals surface area contributed by atoms with Gasteiger partial charge < -0.3 is 14.8 Å². The Bertz CT molecular complexity index is 2010. The average molecular weight is 616 g/mol. The summed E-state index contributed by atoms with van der Waals surface area (Å²) in [6.07, 6.45) is 3.79. The second kappa shape index (κ2) is 11.0. The zero-order valence-corrected chi connectivity index (χ0v) is 24.6. The normalized spacial score (nSPS) is 15.5. The van der Waals surface area contributed by atoms with Crippen LogP contribution in [-0.2, 0) is 10.0 Å². The molecule has 4 aromatic rings. The number of hydrogen-bond acceptors (Lipinski definition) is 10. The van der Waals surface area contributed by atoms with Gasteiger partial charge >= 0.3 is 0 Å². The van der Waals surface area contributed by atoms with Gasteiger partial charge in [0.1, 0.15) is 11.3 Å². The minimum atomic E-state index is -3.84. The van der Waals surface area contributed by atoms with Crippen molar-refractivity contribution in [3.8, 4) is 22.5 Å². The molecule has 3 aliphatic rings. The molecule has 0 atom stereocenters. The molecule has 0 radical (unpaired) electrons. The highest BCUT2D eigenvalue weighted by molar-refractivity contribution is 7.89. The van der Waals surface area contributed by atoms with Crippen LogP contribution in [0.2, 0.25) is 0 Å². The van der Waals surface area contributed by atoms with Crippen molar-refractivity contribution in [1.29, 1.82) is 0 Å². The number of rotatable bonds is 6. The molecule has 2 aliphatic heterocycles. The number of aliphatic hydroxyl groups excluding tert-OH is 1. The van der Waals surface area contributed by atoms with Crippen LogP contribution in [0.15, 0.2) is 98.1 Å². The van der Waals surface area contributed by atoms with Crippen molar-refractivity contribution in [3.05, 3.63) is 89.2 Å². The number of piperidine rings is 1.